The summed E-state index contributed by atoms with van der Waals surface area (Å²) in [6.07, 6.45) is 2.64. The van der Waals surface area contributed by atoms with Gasteiger partial charge in [0.05, 0.1) is 18.7 Å². The first-order valence-corrected chi connectivity index (χ1v) is 7.22. The highest BCUT2D eigenvalue weighted by Gasteiger charge is 2.11. The van der Waals surface area contributed by atoms with Gasteiger partial charge in [0.15, 0.2) is 11.5 Å². The Kier molecular flexibility index (Phi) is 3.04. The number of hydrogen-bond donors (Lipinski definition) is 1. The summed E-state index contributed by atoms with van der Waals surface area (Å²) in [5.74, 6) is 1.89. The van der Waals surface area contributed by atoms with E-state index in [4.69, 9.17) is 15.2 Å². The van der Waals surface area contributed by atoms with Crippen molar-refractivity contribution in [1.82, 2.24) is 9.97 Å². The topological polar surface area (TPSA) is 70.3 Å². The fourth-order valence-electron chi connectivity index (χ4n) is 2.57. The van der Waals surface area contributed by atoms with E-state index in [1.165, 1.54) is 0 Å². The molecule has 1 aromatic heterocycles. The van der Waals surface area contributed by atoms with Gasteiger partial charge < -0.3 is 15.2 Å². The highest BCUT2D eigenvalue weighted by molar-refractivity contribution is 5.84. The van der Waals surface area contributed by atoms with Gasteiger partial charge in [-0.2, -0.15) is 0 Å². The molecule has 3 aromatic rings. The average molecular weight is 293 g/mol. The molecule has 5 heteroatoms. The molecule has 4 rings (SSSR count). The van der Waals surface area contributed by atoms with Crippen molar-refractivity contribution in [3.05, 3.63) is 42.6 Å². The van der Waals surface area contributed by atoms with E-state index in [9.17, 15) is 0 Å². The van der Waals surface area contributed by atoms with Crippen LogP contribution in [0.4, 0.5) is 5.95 Å². The van der Waals surface area contributed by atoms with E-state index in [0.717, 1.165) is 39.9 Å². The van der Waals surface area contributed by atoms with Crippen LogP contribution in [-0.2, 0) is 0 Å². The predicted octanol–water partition coefficient (Wildman–Crippen LogP) is 3.04. The first-order valence-electron chi connectivity index (χ1n) is 7.22. The first-order chi connectivity index (χ1) is 10.8. The third-order valence-electron chi connectivity index (χ3n) is 3.68. The van der Waals surface area contributed by atoms with E-state index >= 15 is 0 Å². The minimum atomic E-state index is 0.288. The molecule has 2 aromatic carbocycles. The normalized spacial score (nSPS) is 13.8. The maximum atomic E-state index is 5.75. The summed E-state index contributed by atoms with van der Waals surface area (Å²) in [6.45, 7) is 1.38. The second-order valence-corrected chi connectivity index (χ2v) is 5.21. The molecule has 0 aliphatic carbocycles. The smallest absolute Gasteiger partial charge is 0.220 e. The zero-order chi connectivity index (χ0) is 14.9. The molecule has 0 saturated carbocycles. The maximum Gasteiger partial charge on any atom is 0.220 e. The largest absolute Gasteiger partial charge is 0.490 e. The van der Waals surface area contributed by atoms with Gasteiger partial charge in [-0.15, -0.1) is 0 Å². The molecule has 0 bridgehead atoms. The van der Waals surface area contributed by atoms with Crippen LogP contribution in [0.3, 0.4) is 0 Å². The predicted molar refractivity (Wildman–Crippen MR) is 85.0 cm³/mol. The van der Waals surface area contributed by atoms with Crippen molar-refractivity contribution in [2.75, 3.05) is 18.9 Å². The number of anilines is 1. The zero-order valence-electron chi connectivity index (χ0n) is 12.0. The van der Waals surface area contributed by atoms with Crippen molar-refractivity contribution < 1.29 is 9.47 Å². The van der Waals surface area contributed by atoms with E-state index in [1.54, 1.807) is 6.20 Å². The fourth-order valence-corrected chi connectivity index (χ4v) is 2.57. The summed E-state index contributed by atoms with van der Waals surface area (Å²) in [6, 6.07) is 12.0. The van der Waals surface area contributed by atoms with Crippen molar-refractivity contribution in [3.8, 4) is 22.6 Å². The van der Waals surface area contributed by atoms with Crippen LogP contribution >= 0.6 is 0 Å². The molecule has 110 valence electrons. The van der Waals surface area contributed by atoms with Gasteiger partial charge in [0.25, 0.3) is 0 Å². The summed E-state index contributed by atoms with van der Waals surface area (Å²) in [7, 11) is 0. The van der Waals surface area contributed by atoms with Crippen molar-refractivity contribution in [1.29, 1.82) is 0 Å². The third kappa shape index (κ3) is 2.30. The second-order valence-electron chi connectivity index (χ2n) is 5.21. The zero-order valence-corrected chi connectivity index (χ0v) is 12.0. The Morgan fingerprint density at radius 2 is 1.68 bits per heavy atom. The van der Waals surface area contributed by atoms with Crippen LogP contribution in [-0.4, -0.2) is 23.2 Å². The Balaban J connectivity index is 1.78. The minimum Gasteiger partial charge on any atom is -0.490 e. The van der Waals surface area contributed by atoms with Crippen LogP contribution < -0.4 is 15.2 Å². The van der Waals surface area contributed by atoms with Gasteiger partial charge in [-0.3, -0.25) is 0 Å². The molecule has 0 atom stereocenters. The molecule has 22 heavy (non-hydrogen) atoms. The molecule has 5 nitrogen and oxygen atoms in total. The lowest BCUT2D eigenvalue weighted by Crippen LogP contribution is -1.97. The molecule has 1 aliphatic rings. The Bertz CT molecular complexity index is 848. The molecule has 1 aliphatic heterocycles. The van der Waals surface area contributed by atoms with Crippen molar-refractivity contribution in [2.24, 2.45) is 0 Å². The van der Waals surface area contributed by atoms with Gasteiger partial charge in [-0.25, -0.2) is 9.97 Å². The number of benzene rings is 2. The van der Waals surface area contributed by atoms with Crippen LogP contribution in [0.15, 0.2) is 42.6 Å². The van der Waals surface area contributed by atoms with E-state index in [-0.39, 0.29) is 5.95 Å². The quantitative estimate of drug-likeness (QED) is 0.746. The summed E-state index contributed by atoms with van der Waals surface area (Å²) >= 11 is 0. The third-order valence-corrected chi connectivity index (χ3v) is 3.68. The van der Waals surface area contributed by atoms with E-state index in [0.29, 0.717) is 13.2 Å². The number of ether oxygens (including phenoxy) is 2. The van der Waals surface area contributed by atoms with Crippen molar-refractivity contribution in [2.45, 2.75) is 6.42 Å². The number of aromatic nitrogens is 2. The number of nitrogens with zero attached hydrogens (tertiary/aromatic N) is 2. The van der Waals surface area contributed by atoms with Crippen LogP contribution in [0.2, 0.25) is 0 Å². The lowest BCUT2D eigenvalue weighted by Gasteiger charge is -2.10. The minimum absolute atomic E-state index is 0.288. The molecule has 2 N–H and O–H groups in total. The molecule has 0 fully saturated rings. The maximum absolute atomic E-state index is 5.75. The highest BCUT2D eigenvalue weighted by Crippen LogP contribution is 2.34. The van der Waals surface area contributed by atoms with E-state index in [2.05, 4.69) is 9.97 Å². The van der Waals surface area contributed by atoms with Crippen LogP contribution in [0, 0.1) is 0 Å². The van der Waals surface area contributed by atoms with Crippen molar-refractivity contribution >= 4 is 16.9 Å². The Morgan fingerprint density at radius 1 is 0.909 bits per heavy atom. The lowest BCUT2D eigenvalue weighted by atomic mass is 10.0. The first kappa shape index (κ1) is 12.9. The molecule has 0 amide bonds. The molecule has 0 radical (unpaired) electrons. The summed E-state index contributed by atoms with van der Waals surface area (Å²) in [4.78, 5) is 8.26. The molecule has 0 saturated heterocycles. The monoisotopic (exact) mass is 293 g/mol. The Labute approximate surface area is 127 Å². The van der Waals surface area contributed by atoms with Crippen LogP contribution in [0.1, 0.15) is 6.42 Å². The van der Waals surface area contributed by atoms with Gasteiger partial charge in [0.1, 0.15) is 0 Å². The van der Waals surface area contributed by atoms with Gasteiger partial charge in [0.2, 0.25) is 5.95 Å². The van der Waals surface area contributed by atoms with Crippen molar-refractivity contribution in [3.63, 3.8) is 0 Å². The van der Waals surface area contributed by atoms with Gasteiger partial charge >= 0.3 is 0 Å². The molecule has 0 unspecified atom stereocenters. The molecule has 2 heterocycles. The summed E-state index contributed by atoms with van der Waals surface area (Å²) in [5, 5.41) is 0.957. The van der Waals surface area contributed by atoms with E-state index < -0.39 is 0 Å². The Hall–Kier alpha value is -2.82. The Morgan fingerprint density at radius 3 is 2.59 bits per heavy atom. The number of fused-ring (bicyclic) bond motifs is 2. The number of rotatable bonds is 1. The molecular formula is C17H15N3O2. The number of hydrogen-bond acceptors (Lipinski definition) is 5. The average Bonchev–Trinajstić information content (AvgIpc) is 2.79. The summed E-state index contributed by atoms with van der Waals surface area (Å²) < 4.78 is 11.4. The molecule has 0 spiro atoms. The number of nitrogen functional groups attached to an aromatic ring is 1. The van der Waals surface area contributed by atoms with Gasteiger partial charge in [-0.05, 0) is 35.4 Å². The fraction of sp³-hybridized carbons (Fsp3) is 0.176. The lowest BCUT2D eigenvalue weighted by molar-refractivity contribution is 0.297. The second kappa shape index (κ2) is 5.18. The number of nitrogens with two attached hydrogens (primary N) is 1. The van der Waals surface area contributed by atoms with Crippen LogP contribution in [0.5, 0.6) is 11.5 Å². The van der Waals surface area contributed by atoms with Gasteiger partial charge in [-0.1, -0.05) is 12.1 Å². The van der Waals surface area contributed by atoms with Gasteiger partial charge in [0, 0.05) is 18.0 Å². The van der Waals surface area contributed by atoms with Crippen LogP contribution in [0.25, 0.3) is 22.0 Å². The highest BCUT2D eigenvalue weighted by atomic mass is 16.5. The van der Waals surface area contributed by atoms with E-state index in [1.807, 2.05) is 36.4 Å². The standard InChI is InChI=1S/C17H15N3O2/c18-17-19-10-13-8-11(2-4-14(13)20-17)12-3-5-15-16(9-12)22-7-1-6-21-15/h2-5,8-10H,1,6-7H2,(H2,18,19,20). The summed E-state index contributed by atoms with van der Waals surface area (Å²) in [5.41, 5.74) is 8.60. The molecular weight excluding hydrogens is 278 g/mol. The SMILES string of the molecule is Nc1ncc2cc(-c3ccc4c(c3)OCCCO4)ccc2n1.